The van der Waals surface area contributed by atoms with Crippen LogP contribution in [0, 0.1) is 12.7 Å². The van der Waals surface area contributed by atoms with Crippen molar-refractivity contribution >= 4 is 0 Å². The molecule has 19 heavy (non-hydrogen) atoms. The first-order chi connectivity index (χ1) is 9.15. The minimum absolute atomic E-state index is 0.209. The highest BCUT2D eigenvalue weighted by atomic mass is 19.1. The zero-order valence-electron chi connectivity index (χ0n) is 11.2. The van der Waals surface area contributed by atoms with Crippen LogP contribution in [0.3, 0.4) is 0 Å². The summed E-state index contributed by atoms with van der Waals surface area (Å²) in [5.74, 6) is -0.236. The summed E-state index contributed by atoms with van der Waals surface area (Å²) >= 11 is 0. The number of aliphatic hydroxyl groups excluding tert-OH is 1. The van der Waals surface area contributed by atoms with E-state index in [1.165, 1.54) is 18.9 Å². The van der Waals surface area contributed by atoms with E-state index < -0.39 is 6.10 Å². The van der Waals surface area contributed by atoms with Gasteiger partial charge in [0.2, 0.25) is 0 Å². The fourth-order valence-electron chi connectivity index (χ4n) is 3.10. The monoisotopic (exact) mass is 265 g/mol. The van der Waals surface area contributed by atoms with Crippen LogP contribution in [0.25, 0.3) is 0 Å². The topological polar surface area (TPSA) is 32.7 Å². The van der Waals surface area contributed by atoms with Crippen molar-refractivity contribution in [1.82, 2.24) is 4.90 Å². The van der Waals surface area contributed by atoms with E-state index in [0.717, 1.165) is 18.7 Å². The van der Waals surface area contributed by atoms with Crippen molar-refractivity contribution in [2.45, 2.75) is 38.0 Å². The normalized spacial score (nSPS) is 29.2. The van der Waals surface area contributed by atoms with Gasteiger partial charge in [-0.1, -0.05) is 12.1 Å². The molecular weight excluding hydrogens is 245 g/mol. The Morgan fingerprint density at radius 1 is 1.47 bits per heavy atom. The Morgan fingerprint density at radius 2 is 2.32 bits per heavy atom. The maximum atomic E-state index is 13.3. The number of ether oxygens (including phenoxy) is 1. The summed E-state index contributed by atoms with van der Waals surface area (Å²) < 4.78 is 19.1. The third-order valence-electron chi connectivity index (χ3n) is 4.29. The first-order valence-electron chi connectivity index (χ1n) is 6.95. The van der Waals surface area contributed by atoms with Crippen LogP contribution in [-0.4, -0.2) is 41.8 Å². The van der Waals surface area contributed by atoms with E-state index in [2.05, 4.69) is 4.90 Å². The van der Waals surface area contributed by atoms with Crippen LogP contribution < -0.4 is 0 Å². The highest BCUT2D eigenvalue weighted by Crippen LogP contribution is 2.29. The van der Waals surface area contributed by atoms with E-state index in [0.29, 0.717) is 18.2 Å². The lowest BCUT2D eigenvalue weighted by Gasteiger charge is -2.37. The number of hydrogen-bond acceptors (Lipinski definition) is 3. The number of aryl methyl sites for hydroxylation is 1. The van der Waals surface area contributed by atoms with Crippen molar-refractivity contribution in [2.75, 3.05) is 19.7 Å². The number of nitrogens with zero attached hydrogens (tertiary/aromatic N) is 1. The number of rotatable bonds is 2. The molecule has 1 aromatic rings. The summed E-state index contributed by atoms with van der Waals surface area (Å²) in [5, 5.41) is 10.4. The van der Waals surface area contributed by atoms with E-state index in [1.807, 2.05) is 0 Å². The van der Waals surface area contributed by atoms with Crippen LogP contribution in [0.1, 0.15) is 30.1 Å². The van der Waals surface area contributed by atoms with Crippen LogP contribution in [-0.2, 0) is 4.74 Å². The molecular formula is C15H20FNO2. The Balaban J connectivity index is 1.72. The number of halogens is 1. The smallest absolute Gasteiger partial charge is 0.126 e. The third-order valence-corrected chi connectivity index (χ3v) is 4.29. The van der Waals surface area contributed by atoms with Crippen LogP contribution in [0.2, 0.25) is 0 Å². The maximum Gasteiger partial charge on any atom is 0.126 e. The van der Waals surface area contributed by atoms with Gasteiger partial charge in [-0.2, -0.15) is 0 Å². The van der Waals surface area contributed by atoms with E-state index in [4.69, 9.17) is 4.74 Å². The molecule has 2 aliphatic heterocycles. The molecule has 0 radical (unpaired) electrons. The van der Waals surface area contributed by atoms with Gasteiger partial charge in [-0.15, -0.1) is 0 Å². The Kier molecular flexibility index (Phi) is 3.56. The van der Waals surface area contributed by atoms with Crippen molar-refractivity contribution in [1.29, 1.82) is 0 Å². The molecule has 0 aromatic heterocycles. The van der Waals surface area contributed by atoms with Crippen molar-refractivity contribution in [3.63, 3.8) is 0 Å². The second-order valence-corrected chi connectivity index (χ2v) is 5.62. The summed E-state index contributed by atoms with van der Waals surface area (Å²) in [7, 11) is 0. The van der Waals surface area contributed by atoms with Gasteiger partial charge in [0.25, 0.3) is 0 Å². The number of benzene rings is 1. The molecule has 104 valence electrons. The molecule has 0 aliphatic carbocycles. The van der Waals surface area contributed by atoms with Crippen LogP contribution in [0.15, 0.2) is 18.2 Å². The minimum atomic E-state index is -0.680. The molecule has 2 heterocycles. The average molecular weight is 265 g/mol. The lowest BCUT2D eigenvalue weighted by Crippen LogP contribution is -2.48. The molecule has 2 fully saturated rings. The zero-order valence-corrected chi connectivity index (χ0v) is 11.2. The molecule has 4 heteroatoms. The lowest BCUT2D eigenvalue weighted by atomic mass is 10.0. The molecule has 3 unspecified atom stereocenters. The van der Waals surface area contributed by atoms with Crippen molar-refractivity contribution in [3.8, 4) is 0 Å². The first-order valence-corrected chi connectivity index (χ1v) is 6.95. The maximum absolute atomic E-state index is 13.3. The molecule has 3 nitrogen and oxygen atoms in total. The van der Waals surface area contributed by atoms with Crippen LogP contribution >= 0.6 is 0 Å². The molecule has 1 N–H and O–H groups in total. The largest absolute Gasteiger partial charge is 0.386 e. The zero-order chi connectivity index (χ0) is 13.4. The van der Waals surface area contributed by atoms with Gasteiger partial charge in [0.05, 0.1) is 6.61 Å². The molecule has 0 saturated carbocycles. The van der Waals surface area contributed by atoms with Crippen molar-refractivity contribution < 1.29 is 14.2 Å². The molecule has 2 saturated heterocycles. The second-order valence-electron chi connectivity index (χ2n) is 5.62. The van der Waals surface area contributed by atoms with Gasteiger partial charge < -0.3 is 9.84 Å². The van der Waals surface area contributed by atoms with Gasteiger partial charge in [0.15, 0.2) is 0 Å². The Morgan fingerprint density at radius 3 is 3.11 bits per heavy atom. The predicted octanol–water partition coefficient (Wildman–Crippen LogP) is 2.03. The minimum Gasteiger partial charge on any atom is -0.386 e. The number of morpholine rings is 1. The molecule has 2 aliphatic rings. The second kappa shape index (κ2) is 5.19. The molecule has 0 spiro atoms. The summed E-state index contributed by atoms with van der Waals surface area (Å²) in [4.78, 5) is 2.40. The first kappa shape index (κ1) is 13.0. The SMILES string of the molecule is Cc1cc(C(O)C2CN3CCCC3CO2)ccc1F. The highest BCUT2D eigenvalue weighted by Gasteiger charge is 2.35. The van der Waals surface area contributed by atoms with E-state index in [-0.39, 0.29) is 11.9 Å². The quantitative estimate of drug-likeness (QED) is 0.888. The summed E-state index contributed by atoms with van der Waals surface area (Å²) in [6, 6.07) is 5.29. The van der Waals surface area contributed by atoms with Crippen molar-refractivity contribution in [2.24, 2.45) is 0 Å². The van der Waals surface area contributed by atoms with Gasteiger partial charge in [0.1, 0.15) is 18.0 Å². The van der Waals surface area contributed by atoms with Gasteiger partial charge in [-0.25, -0.2) is 4.39 Å². The molecule has 0 amide bonds. The van der Waals surface area contributed by atoms with Gasteiger partial charge in [-0.3, -0.25) is 4.90 Å². The van der Waals surface area contributed by atoms with Gasteiger partial charge in [-0.05, 0) is 43.5 Å². The number of aliphatic hydroxyl groups is 1. The fourth-order valence-corrected chi connectivity index (χ4v) is 3.10. The Labute approximate surface area is 113 Å². The third kappa shape index (κ3) is 2.53. The number of hydrogen-bond donors (Lipinski definition) is 1. The summed E-state index contributed by atoms with van der Waals surface area (Å²) in [5.41, 5.74) is 1.30. The van der Waals surface area contributed by atoms with Crippen molar-refractivity contribution in [3.05, 3.63) is 35.1 Å². The lowest BCUT2D eigenvalue weighted by molar-refractivity contribution is -0.103. The van der Waals surface area contributed by atoms with Crippen LogP contribution in [0.5, 0.6) is 0 Å². The summed E-state index contributed by atoms with van der Waals surface area (Å²) in [6.45, 7) is 4.27. The number of fused-ring (bicyclic) bond motifs is 1. The Bertz CT molecular complexity index is 465. The van der Waals surface area contributed by atoms with Gasteiger partial charge in [0, 0.05) is 12.6 Å². The standard InChI is InChI=1S/C15H20FNO2/c1-10-7-11(4-5-13(10)16)15(18)14-8-17-6-2-3-12(17)9-19-14/h4-5,7,12,14-15,18H,2-3,6,8-9H2,1H3. The molecule has 1 aromatic carbocycles. The molecule has 0 bridgehead atoms. The highest BCUT2D eigenvalue weighted by molar-refractivity contribution is 5.26. The van der Waals surface area contributed by atoms with Gasteiger partial charge >= 0.3 is 0 Å². The average Bonchev–Trinajstić information content (AvgIpc) is 2.88. The fraction of sp³-hybridized carbons (Fsp3) is 0.600. The molecule has 3 atom stereocenters. The van der Waals surface area contributed by atoms with Crippen LogP contribution in [0.4, 0.5) is 4.39 Å². The summed E-state index contributed by atoms with van der Waals surface area (Å²) in [6.07, 6.45) is 1.52. The van der Waals surface area contributed by atoms with E-state index in [1.54, 1.807) is 19.1 Å². The van der Waals surface area contributed by atoms with E-state index in [9.17, 15) is 9.50 Å². The van der Waals surface area contributed by atoms with E-state index >= 15 is 0 Å². The molecule has 3 rings (SSSR count). The predicted molar refractivity (Wildman–Crippen MR) is 70.4 cm³/mol. The Hall–Kier alpha value is -0.970.